The molecule has 1 aromatic carbocycles. The third kappa shape index (κ3) is 3.16. The molecule has 1 saturated carbocycles. The number of aromatic nitrogens is 2. The van der Waals surface area contributed by atoms with Gasteiger partial charge in [0.05, 0.1) is 16.5 Å². The number of fused-ring (bicyclic) bond motifs is 2. The fraction of sp³-hybridized carbons (Fsp3) is 0.500. The topological polar surface area (TPSA) is 78.3 Å². The summed E-state index contributed by atoms with van der Waals surface area (Å²) in [6.45, 7) is 0.699. The van der Waals surface area contributed by atoms with Crippen LogP contribution < -0.4 is 5.56 Å². The maximum atomic E-state index is 12.7. The first-order valence-corrected chi connectivity index (χ1v) is 9.40. The number of Topliss-reactive ketones (excluding diaryl/α,β-unsaturated/α-hetero) is 1. The Morgan fingerprint density at radius 1 is 1.08 bits per heavy atom. The van der Waals surface area contributed by atoms with Crippen molar-refractivity contribution < 1.29 is 14.3 Å². The highest BCUT2D eigenvalue weighted by molar-refractivity contribution is 5.96. The lowest BCUT2D eigenvalue weighted by Crippen LogP contribution is -2.30. The molecule has 2 heterocycles. The van der Waals surface area contributed by atoms with Crippen molar-refractivity contribution in [2.24, 2.45) is 0 Å². The summed E-state index contributed by atoms with van der Waals surface area (Å²) in [5.41, 5.74) is 0.809. The molecule has 0 bridgehead atoms. The van der Waals surface area contributed by atoms with E-state index in [1.807, 2.05) is 0 Å². The number of hydrogen-bond donors (Lipinski definition) is 0. The maximum absolute atomic E-state index is 12.7. The Morgan fingerprint density at radius 2 is 1.92 bits per heavy atom. The van der Waals surface area contributed by atoms with Gasteiger partial charge < -0.3 is 4.74 Å². The number of carbonyl (C=O) groups excluding carboxylic acids is 2. The van der Waals surface area contributed by atoms with E-state index in [-0.39, 0.29) is 11.3 Å². The Kier molecular flexibility index (Phi) is 4.57. The standard InChI is InChI=1S/C20H22N2O4/c23-16-6-3-4-7-17(16)26-20(25)13-9-10-14-15(12-13)21-18-8-2-1-5-11-22(18)19(14)24/h9-10,12,17H,1-8,11H2. The summed E-state index contributed by atoms with van der Waals surface area (Å²) >= 11 is 0. The average molecular weight is 354 g/mol. The van der Waals surface area contributed by atoms with Gasteiger partial charge in [-0.1, -0.05) is 6.42 Å². The molecule has 1 aromatic heterocycles. The van der Waals surface area contributed by atoms with Gasteiger partial charge in [0.25, 0.3) is 5.56 Å². The van der Waals surface area contributed by atoms with Crippen molar-refractivity contribution in [2.45, 2.75) is 64.0 Å². The molecule has 6 heteroatoms. The van der Waals surface area contributed by atoms with Crippen molar-refractivity contribution in [3.8, 4) is 0 Å². The molecule has 0 amide bonds. The van der Waals surface area contributed by atoms with Crippen LogP contribution >= 0.6 is 0 Å². The molecule has 2 aliphatic rings. The van der Waals surface area contributed by atoms with E-state index >= 15 is 0 Å². The van der Waals surface area contributed by atoms with Gasteiger partial charge in [-0.15, -0.1) is 0 Å². The molecule has 1 aliphatic carbocycles. The number of carbonyl (C=O) groups is 2. The number of aryl methyl sites for hydroxylation is 1. The van der Waals surface area contributed by atoms with E-state index in [0.29, 0.717) is 35.9 Å². The molecule has 2 aromatic rings. The van der Waals surface area contributed by atoms with Crippen molar-refractivity contribution in [1.29, 1.82) is 0 Å². The van der Waals surface area contributed by atoms with E-state index < -0.39 is 12.1 Å². The van der Waals surface area contributed by atoms with E-state index in [1.165, 1.54) is 0 Å². The SMILES string of the molecule is O=C(OC1CCCCC1=O)c1ccc2c(=O)n3c(nc2c1)CCCCC3. The van der Waals surface area contributed by atoms with Crippen molar-refractivity contribution in [2.75, 3.05) is 0 Å². The zero-order valence-electron chi connectivity index (χ0n) is 14.7. The second kappa shape index (κ2) is 7.02. The summed E-state index contributed by atoms with van der Waals surface area (Å²) < 4.78 is 7.16. The van der Waals surface area contributed by atoms with E-state index in [9.17, 15) is 14.4 Å². The predicted octanol–water partition coefficient (Wildman–Crippen LogP) is 2.79. The van der Waals surface area contributed by atoms with Gasteiger partial charge in [0, 0.05) is 19.4 Å². The number of rotatable bonds is 2. The van der Waals surface area contributed by atoms with Gasteiger partial charge in [0.1, 0.15) is 5.82 Å². The fourth-order valence-corrected chi connectivity index (χ4v) is 3.82. The highest BCUT2D eigenvalue weighted by Gasteiger charge is 2.26. The fourth-order valence-electron chi connectivity index (χ4n) is 3.82. The normalized spacial score (nSPS) is 20.5. The van der Waals surface area contributed by atoms with Crippen LogP contribution in [-0.4, -0.2) is 27.4 Å². The van der Waals surface area contributed by atoms with Gasteiger partial charge in [-0.25, -0.2) is 9.78 Å². The first kappa shape index (κ1) is 16.9. The summed E-state index contributed by atoms with van der Waals surface area (Å²) in [6.07, 6.45) is 6.04. The second-order valence-electron chi connectivity index (χ2n) is 7.13. The lowest BCUT2D eigenvalue weighted by molar-refractivity contribution is -0.129. The third-order valence-electron chi connectivity index (χ3n) is 5.30. The van der Waals surface area contributed by atoms with Gasteiger partial charge in [0.15, 0.2) is 11.9 Å². The maximum Gasteiger partial charge on any atom is 0.338 e. The van der Waals surface area contributed by atoms with Crippen LogP contribution in [0, 0.1) is 0 Å². The minimum Gasteiger partial charge on any atom is -0.451 e. The minimum atomic E-state index is -0.641. The van der Waals surface area contributed by atoms with Crippen LogP contribution in [0.15, 0.2) is 23.0 Å². The zero-order valence-corrected chi connectivity index (χ0v) is 14.7. The Bertz CT molecular complexity index is 931. The summed E-state index contributed by atoms with van der Waals surface area (Å²) in [5.74, 6) is 0.254. The highest BCUT2D eigenvalue weighted by Crippen LogP contribution is 2.20. The number of nitrogens with zero attached hydrogens (tertiary/aromatic N) is 2. The Labute approximate surface area is 151 Å². The molecule has 0 saturated heterocycles. The predicted molar refractivity (Wildman–Crippen MR) is 96.2 cm³/mol. The smallest absolute Gasteiger partial charge is 0.338 e. The average Bonchev–Trinajstić information content (AvgIpc) is 2.89. The van der Waals surface area contributed by atoms with E-state index in [1.54, 1.807) is 22.8 Å². The van der Waals surface area contributed by atoms with Crippen molar-refractivity contribution in [1.82, 2.24) is 9.55 Å². The molecule has 1 aliphatic heterocycles. The van der Waals surface area contributed by atoms with Gasteiger partial charge >= 0.3 is 5.97 Å². The Morgan fingerprint density at radius 3 is 2.77 bits per heavy atom. The summed E-state index contributed by atoms with van der Waals surface area (Å²) in [4.78, 5) is 41.7. The number of hydrogen-bond acceptors (Lipinski definition) is 5. The molecule has 26 heavy (non-hydrogen) atoms. The van der Waals surface area contributed by atoms with Crippen LogP contribution in [-0.2, 0) is 22.5 Å². The first-order chi connectivity index (χ1) is 12.6. The molecular weight excluding hydrogens is 332 g/mol. The quantitative estimate of drug-likeness (QED) is 0.775. The van der Waals surface area contributed by atoms with Crippen molar-refractivity contribution >= 4 is 22.7 Å². The van der Waals surface area contributed by atoms with Crippen LogP contribution in [0.3, 0.4) is 0 Å². The van der Waals surface area contributed by atoms with Gasteiger partial charge in [-0.05, 0) is 50.3 Å². The molecular formula is C20H22N2O4. The summed E-state index contributed by atoms with van der Waals surface area (Å²) in [6, 6.07) is 4.84. The van der Waals surface area contributed by atoms with Crippen LogP contribution in [0.1, 0.15) is 61.1 Å². The molecule has 1 atom stereocenters. The van der Waals surface area contributed by atoms with Crippen LogP contribution in [0.5, 0.6) is 0 Å². The molecule has 4 rings (SSSR count). The Hall–Kier alpha value is -2.50. The van der Waals surface area contributed by atoms with Crippen molar-refractivity contribution in [3.63, 3.8) is 0 Å². The third-order valence-corrected chi connectivity index (χ3v) is 5.30. The molecule has 1 fully saturated rings. The minimum absolute atomic E-state index is 0.00733. The molecule has 136 valence electrons. The van der Waals surface area contributed by atoms with Crippen molar-refractivity contribution in [3.05, 3.63) is 39.9 Å². The summed E-state index contributed by atoms with van der Waals surface area (Å²) in [7, 11) is 0. The van der Waals surface area contributed by atoms with E-state index in [4.69, 9.17) is 4.74 Å². The molecule has 0 radical (unpaired) electrons. The number of ketones is 1. The van der Waals surface area contributed by atoms with Gasteiger partial charge in [0.2, 0.25) is 0 Å². The van der Waals surface area contributed by atoms with Crippen LogP contribution in [0.4, 0.5) is 0 Å². The Balaban J connectivity index is 1.65. The summed E-state index contributed by atoms with van der Waals surface area (Å²) in [5, 5.41) is 0.515. The first-order valence-electron chi connectivity index (χ1n) is 9.40. The molecule has 1 unspecified atom stereocenters. The number of esters is 1. The highest BCUT2D eigenvalue weighted by atomic mass is 16.5. The lowest BCUT2D eigenvalue weighted by Gasteiger charge is -2.20. The monoisotopic (exact) mass is 354 g/mol. The van der Waals surface area contributed by atoms with E-state index in [0.717, 1.165) is 44.3 Å². The molecule has 6 nitrogen and oxygen atoms in total. The zero-order chi connectivity index (χ0) is 18.1. The van der Waals surface area contributed by atoms with Gasteiger partial charge in [-0.2, -0.15) is 0 Å². The second-order valence-corrected chi connectivity index (χ2v) is 7.13. The van der Waals surface area contributed by atoms with Crippen LogP contribution in [0.25, 0.3) is 10.9 Å². The van der Waals surface area contributed by atoms with Gasteiger partial charge in [-0.3, -0.25) is 14.2 Å². The molecule has 0 N–H and O–H groups in total. The molecule has 0 spiro atoms. The number of benzene rings is 1. The number of ether oxygens (including phenoxy) is 1. The largest absolute Gasteiger partial charge is 0.451 e. The van der Waals surface area contributed by atoms with E-state index in [2.05, 4.69) is 4.98 Å². The van der Waals surface area contributed by atoms with Crippen LogP contribution in [0.2, 0.25) is 0 Å². The lowest BCUT2D eigenvalue weighted by atomic mass is 9.96.